The van der Waals surface area contributed by atoms with Crippen molar-refractivity contribution in [3.8, 4) is 0 Å². The van der Waals surface area contributed by atoms with Crippen molar-refractivity contribution in [3.63, 3.8) is 0 Å². The Morgan fingerprint density at radius 1 is 1.40 bits per heavy atom. The maximum Gasteiger partial charge on any atom is 0.193 e. The summed E-state index contributed by atoms with van der Waals surface area (Å²) >= 11 is 0. The quantitative estimate of drug-likeness (QED) is 0.216. The summed E-state index contributed by atoms with van der Waals surface area (Å²) in [5.74, 6) is 2.00. The van der Waals surface area contributed by atoms with E-state index in [2.05, 4.69) is 65.4 Å². The molecule has 0 aliphatic rings. The molecule has 0 fully saturated rings. The smallest absolute Gasteiger partial charge is 0.193 e. The Balaban J connectivity index is 0.00000312. The molecule has 0 amide bonds. The third-order valence-electron chi connectivity index (χ3n) is 4.03. The van der Waals surface area contributed by atoms with E-state index >= 15 is 0 Å². The second kappa shape index (κ2) is 11.1. The van der Waals surface area contributed by atoms with Crippen molar-refractivity contribution in [2.24, 2.45) is 4.99 Å². The third kappa shape index (κ3) is 6.02. The lowest BCUT2D eigenvalue weighted by molar-refractivity contribution is 0.469. The first-order valence-electron chi connectivity index (χ1n) is 8.69. The Hall–Kier alpha value is -1.57. The van der Waals surface area contributed by atoms with Crippen LogP contribution in [0.4, 0.5) is 0 Å². The Labute approximate surface area is 168 Å². The number of allylic oxidation sites excluding steroid dienone is 1. The monoisotopic (exact) mass is 455 g/mol. The number of aliphatic imine (C=N–C) groups is 1. The van der Waals surface area contributed by atoms with Crippen molar-refractivity contribution in [2.45, 2.75) is 33.2 Å². The van der Waals surface area contributed by atoms with Crippen molar-refractivity contribution in [1.29, 1.82) is 0 Å². The highest BCUT2D eigenvalue weighted by atomic mass is 127. The molecule has 138 valence electrons. The van der Waals surface area contributed by atoms with Gasteiger partial charge >= 0.3 is 0 Å². The summed E-state index contributed by atoms with van der Waals surface area (Å²) in [7, 11) is 2.09. The Kier molecular flexibility index (Phi) is 9.55. The van der Waals surface area contributed by atoms with Gasteiger partial charge in [-0.1, -0.05) is 18.2 Å². The zero-order valence-electron chi connectivity index (χ0n) is 15.5. The van der Waals surface area contributed by atoms with Crippen LogP contribution in [0.1, 0.15) is 25.6 Å². The molecule has 25 heavy (non-hydrogen) atoms. The van der Waals surface area contributed by atoms with Crippen molar-refractivity contribution in [1.82, 2.24) is 19.8 Å². The minimum Gasteiger partial charge on any atom is -0.357 e. The van der Waals surface area contributed by atoms with Crippen molar-refractivity contribution in [2.75, 3.05) is 26.7 Å². The lowest BCUT2D eigenvalue weighted by Crippen LogP contribution is -2.39. The number of nitrogens with zero attached hydrogens (tertiary/aromatic N) is 4. The normalized spacial score (nSPS) is 11.2. The maximum atomic E-state index is 4.77. The Morgan fingerprint density at radius 2 is 2.16 bits per heavy atom. The molecule has 0 radical (unpaired) electrons. The lowest BCUT2D eigenvalue weighted by atomic mass is 10.3. The van der Waals surface area contributed by atoms with Crippen LogP contribution in [0.25, 0.3) is 11.0 Å². The van der Waals surface area contributed by atoms with E-state index in [0.29, 0.717) is 0 Å². The van der Waals surface area contributed by atoms with Crippen LogP contribution >= 0.6 is 24.0 Å². The van der Waals surface area contributed by atoms with Gasteiger partial charge in [0.2, 0.25) is 0 Å². The number of guanidine groups is 1. The van der Waals surface area contributed by atoms with Gasteiger partial charge in [-0.15, -0.1) is 30.6 Å². The second-order valence-corrected chi connectivity index (χ2v) is 5.89. The Bertz CT molecular complexity index is 692. The molecule has 1 N–H and O–H groups in total. The number of benzene rings is 1. The average Bonchev–Trinajstić information content (AvgIpc) is 2.90. The van der Waals surface area contributed by atoms with Crippen LogP contribution in [0, 0.1) is 6.92 Å². The predicted molar refractivity (Wildman–Crippen MR) is 118 cm³/mol. The summed E-state index contributed by atoms with van der Waals surface area (Å²) in [6, 6.07) is 8.25. The fourth-order valence-electron chi connectivity index (χ4n) is 2.78. The summed E-state index contributed by atoms with van der Waals surface area (Å²) in [6.45, 7) is 11.3. The fraction of sp³-hybridized carbons (Fsp3) is 0.474. The second-order valence-electron chi connectivity index (χ2n) is 5.89. The first-order chi connectivity index (χ1) is 11.7. The number of hydrogen-bond donors (Lipinski definition) is 1. The summed E-state index contributed by atoms with van der Waals surface area (Å²) in [5, 5.41) is 3.37. The van der Waals surface area contributed by atoms with Gasteiger partial charge in [0.1, 0.15) is 5.82 Å². The van der Waals surface area contributed by atoms with E-state index in [-0.39, 0.29) is 24.0 Å². The molecular weight excluding hydrogens is 425 g/mol. The molecule has 0 bridgehead atoms. The molecule has 0 saturated carbocycles. The van der Waals surface area contributed by atoms with Crippen molar-refractivity contribution < 1.29 is 0 Å². The van der Waals surface area contributed by atoms with E-state index in [0.717, 1.165) is 56.3 Å². The molecule has 2 aromatic rings. The topological polar surface area (TPSA) is 45.5 Å². The molecule has 0 aliphatic heterocycles. The highest BCUT2D eigenvalue weighted by molar-refractivity contribution is 14.0. The van der Waals surface area contributed by atoms with Crippen molar-refractivity contribution >= 4 is 41.0 Å². The van der Waals surface area contributed by atoms with Gasteiger partial charge in [0.25, 0.3) is 0 Å². The number of nitrogens with one attached hydrogen (secondary N) is 1. The highest BCUT2D eigenvalue weighted by Crippen LogP contribution is 2.15. The molecule has 1 heterocycles. The van der Waals surface area contributed by atoms with E-state index in [1.165, 1.54) is 5.52 Å². The lowest BCUT2D eigenvalue weighted by Gasteiger charge is -2.21. The van der Waals surface area contributed by atoms with Gasteiger partial charge in [0, 0.05) is 26.7 Å². The SMILES string of the molecule is C=CCCCN(C)C(=NCCn1c(C)nc2ccccc21)NCC.I. The third-order valence-corrected chi connectivity index (χ3v) is 4.03. The number of unbranched alkanes of at least 4 members (excludes halogenated alkanes) is 1. The maximum absolute atomic E-state index is 4.77. The molecule has 0 spiro atoms. The van der Waals surface area contributed by atoms with Crippen LogP contribution in [-0.4, -0.2) is 47.1 Å². The first kappa shape index (κ1) is 21.5. The number of hydrogen-bond acceptors (Lipinski definition) is 2. The molecule has 0 saturated heterocycles. The molecule has 0 unspecified atom stereocenters. The Morgan fingerprint density at radius 3 is 2.88 bits per heavy atom. The molecule has 0 atom stereocenters. The van der Waals surface area contributed by atoms with Crippen LogP contribution in [0.15, 0.2) is 41.9 Å². The summed E-state index contributed by atoms with van der Waals surface area (Å²) < 4.78 is 2.24. The highest BCUT2D eigenvalue weighted by Gasteiger charge is 2.07. The number of para-hydroxylation sites is 2. The minimum absolute atomic E-state index is 0. The van der Waals surface area contributed by atoms with Gasteiger partial charge in [-0.3, -0.25) is 4.99 Å². The summed E-state index contributed by atoms with van der Waals surface area (Å²) in [5.41, 5.74) is 2.22. The largest absolute Gasteiger partial charge is 0.357 e. The number of aromatic nitrogens is 2. The van der Waals surface area contributed by atoms with Gasteiger partial charge in [-0.2, -0.15) is 0 Å². The van der Waals surface area contributed by atoms with E-state index in [9.17, 15) is 0 Å². The van der Waals surface area contributed by atoms with Crippen LogP contribution in [0.2, 0.25) is 0 Å². The van der Waals surface area contributed by atoms with Gasteiger partial charge in [-0.05, 0) is 38.8 Å². The van der Waals surface area contributed by atoms with E-state index < -0.39 is 0 Å². The zero-order chi connectivity index (χ0) is 17.4. The number of halogens is 1. The molecule has 2 rings (SSSR count). The fourth-order valence-corrected chi connectivity index (χ4v) is 2.78. The van der Waals surface area contributed by atoms with Gasteiger partial charge in [-0.25, -0.2) is 4.98 Å². The van der Waals surface area contributed by atoms with Gasteiger partial charge in [0.15, 0.2) is 5.96 Å². The van der Waals surface area contributed by atoms with E-state index in [4.69, 9.17) is 4.99 Å². The number of rotatable bonds is 8. The van der Waals surface area contributed by atoms with Crippen LogP contribution in [-0.2, 0) is 6.54 Å². The summed E-state index contributed by atoms with van der Waals surface area (Å²) in [6.07, 6.45) is 4.09. The number of aryl methyl sites for hydroxylation is 1. The molecule has 5 nitrogen and oxygen atoms in total. The molecule has 6 heteroatoms. The van der Waals surface area contributed by atoms with E-state index in [1.807, 2.05) is 12.1 Å². The minimum atomic E-state index is 0. The number of imidazole rings is 1. The van der Waals surface area contributed by atoms with Crippen LogP contribution < -0.4 is 5.32 Å². The average molecular weight is 455 g/mol. The van der Waals surface area contributed by atoms with E-state index in [1.54, 1.807) is 0 Å². The van der Waals surface area contributed by atoms with Gasteiger partial charge in [0.05, 0.1) is 17.6 Å². The van der Waals surface area contributed by atoms with Crippen LogP contribution in [0.3, 0.4) is 0 Å². The molecule has 1 aromatic heterocycles. The molecule has 1 aromatic carbocycles. The van der Waals surface area contributed by atoms with Gasteiger partial charge < -0.3 is 14.8 Å². The number of fused-ring (bicyclic) bond motifs is 1. The zero-order valence-corrected chi connectivity index (χ0v) is 17.9. The molecular formula is C19H30IN5. The standard InChI is InChI=1S/C19H29N5.HI/c1-5-7-10-14-23(4)19(20-6-2)21-13-15-24-16(3)22-17-11-8-9-12-18(17)24;/h5,8-9,11-12H,1,6-7,10,13-15H2,2-4H3,(H,20,21);1H. The predicted octanol–water partition coefficient (Wildman–Crippen LogP) is 3.83. The van der Waals surface area contributed by atoms with Crippen LogP contribution in [0.5, 0.6) is 0 Å². The summed E-state index contributed by atoms with van der Waals surface area (Å²) in [4.78, 5) is 11.6. The van der Waals surface area contributed by atoms with Crippen molar-refractivity contribution in [3.05, 3.63) is 42.7 Å². The first-order valence-corrected chi connectivity index (χ1v) is 8.69. The molecule has 0 aliphatic carbocycles.